The fourth-order valence-electron chi connectivity index (χ4n) is 1.75. The van der Waals surface area contributed by atoms with Crippen molar-refractivity contribution in [3.05, 3.63) is 64.3 Å². The Balaban J connectivity index is 2.39. The molecule has 4 heteroatoms. The number of carbonyl (C=O) groups excluding carboxylic acids is 1. The van der Waals surface area contributed by atoms with Crippen LogP contribution in [-0.2, 0) is 0 Å². The minimum Gasteiger partial charge on any atom is -0.488 e. The van der Waals surface area contributed by atoms with Crippen LogP contribution in [0.3, 0.4) is 0 Å². The Labute approximate surface area is 120 Å². The van der Waals surface area contributed by atoms with E-state index in [1.165, 1.54) is 0 Å². The molecule has 0 fully saturated rings. The molecular weight excluding hydrogens is 306 g/mol. The lowest BCUT2D eigenvalue weighted by atomic mass is 9.99. The Bertz CT molecular complexity index is 615. The number of ether oxygens (including phenoxy) is 1. The highest BCUT2D eigenvalue weighted by molar-refractivity contribution is 9.10. The molecule has 0 saturated carbocycles. The van der Waals surface area contributed by atoms with E-state index in [1.54, 1.807) is 30.4 Å². The quantitative estimate of drug-likeness (QED) is 0.484. The highest BCUT2D eigenvalue weighted by Crippen LogP contribution is 2.30. The molecule has 1 aliphatic heterocycles. The van der Waals surface area contributed by atoms with E-state index in [4.69, 9.17) is 4.74 Å². The van der Waals surface area contributed by atoms with E-state index in [1.807, 2.05) is 6.07 Å². The average Bonchev–Trinajstić information content (AvgIpc) is 2.41. The fraction of sp³-hybridized carbons (Fsp3) is 0.0667. The van der Waals surface area contributed by atoms with Gasteiger partial charge in [-0.15, -0.1) is 0 Å². The third-order valence-corrected chi connectivity index (χ3v) is 3.15. The molecule has 1 heterocycles. The molecule has 0 N–H and O–H groups in total. The summed E-state index contributed by atoms with van der Waals surface area (Å²) in [6.07, 6.45) is 4.95. The topological polar surface area (TPSA) is 38.7 Å². The summed E-state index contributed by atoms with van der Waals surface area (Å²) < 4.78 is 6.46. The molecule has 2 rings (SSSR count). The number of halogens is 1. The van der Waals surface area contributed by atoms with Crippen molar-refractivity contribution in [1.82, 2.24) is 0 Å². The van der Waals surface area contributed by atoms with Crippen molar-refractivity contribution in [3.8, 4) is 5.75 Å². The van der Waals surface area contributed by atoms with E-state index in [0.29, 0.717) is 22.6 Å². The van der Waals surface area contributed by atoms with Crippen molar-refractivity contribution in [1.29, 1.82) is 0 Å². The van der Waals surface area contributed by atoms with Gasteiger partial charge in [0.25, 0.3) is 0 Å². The summed E-state index contributed by atoms with van der Waals surface area (Å²) in [5, 5.41) is 0. The number of aliphatic imine (C=N–C) groups is 1. The third kappa shape index (κ3) is 2.90. The predicted octanol–water partition coefficient (Wildman–Crippen LogP) is 3.72. The number of ketones is 1. The highest BCUT2D eigenvalue weighted by Gasteiger charge is 2.23. The molecule has 3 nitrogen and oxygen atoms in total. The zero-order chi connectivity index (χ0) is 13.8. The minimum atomic E-state index is -0.0487. The molecular formula is C15H12BrNO2. The van der Waals surface area contributed by atoms with Crippen molar-refractivity contribution in [3.63, 3.8) is 0 Å². The minimum absolute atomic E-state index is 0.0487. The standard InChI is InChI=1S/C15H12BrNO2/c1-3-4-12(17-2)7-10-9-19-14-8-11(16)5-6-13(14)15(10)18/h3-8H,1-2,9H2/b10-7+,12-4-. The van der Waals surface area contributed by atoms with E-state index in [2.05, 4.69) is 34.2 Å². The first kappa shape index (κ1) is 13.5. The smallest absolute Gasteiger partial charge is 0.196 e. The van der Waals surface area contributed by atoms with Crippen LogP contribution in [0.25, 0.3) is 0 Å². The molecule has 1 aromatic carbocycles. The van der Waals surface area contributed by atoms with Crippen LogP contribution < -0.4 is 4.74 Å². The first-order chi connectivity index (χ1) is 9.15. The first-order valence-corrected chi connectivity index (χ1v) is 6.42. The number of hydrogen-bond acceptors (Lipinski definition) is 3. The average molecular weight is 318 g/mol. The van der Waals surface area contributed by atoms with Gasteiger partial charge in [0.15, 0.2) is 5.78 Å². The molecule has 0 radical (unpaired) electrons. The lowest BCUT2D eigenvalue weighted by molar-refractivity contribution is 0.0999. The molecule has 0 atom stereocenters. The van der Waals surface area contributed by atoms with Gasteiger partial charge in [-0.25, -0.2) is 0 Å². The van der Waals surface area contributed by atoms with E-state index in [9.17, 15) is 4.79 Å². The number of carbonyl (C=O) groups is 1. The predicted molar refractivity (Wildman–Crippen MR) is 79.9 cm³/mol. The van der Waals surface area contributed by atoms with Gasteiger partial charge in [0.1, 0.15) is 12.4 Å². The van der Waals surface area contributed by atoms with E-state index >= 15 is 0 Å². The SMILES string of the molecule is C=C/C=C(/C=C1\COc2cc(Br)ccc2C1=O)N=C. The highest BCUT2D eigenvalue weighted by atomic mass is 79.9. The Hall–Kier alpha value is -1.94. The van der Waals surface area contributed by atoms with Crippen LogP contribution in [0, 0.1) is 0 Å². The zero-order valence-electron chi connectivity index (χ0n) is 10.2. The van der Waals surface area contributed by atoms with Crippen molar-refractivity contribution >= 4 is 28.4 Å². The fourth-order valence-corrected chi connectivity index (χ4v) is 2.09. The number of hydrogen-bond donors (Lipinski definition) is 0. The molecule has 1 aliphatic rings. The second kappa shape index (κ2) is 5.80. The molecule has 0 spiro atoms. The maximum Gasteiger partial charge on any atom is 0.196 e. The maximum atomic E-state index is 12.3. The van der Waals surface area contributed by atoms with Crippen LogP contribution in [-0.4, -0.2) is 19.1 Å². The molecule has 0 bridgehead atoms. The van der Waals surface area contributed by atoms with Gasteiger partial charge in [-0.05, 0) is 37.1 Å². The Kier molecular flexibility index (Phi) is 4.12. The second-order valence-electron chi connectivity index (χ2n) is 3.91. The molecule has 0 aromatic heterocycles. The van der Waals surface area contributed by atoms with Gasteiger partial charge in [0.05, 0.1) is 11.3 Å². The monoisotopic (exact) mass is 317 g/mol. The Morgan fingerprint density at radius 2 is 2.26 bits per heavy atom. The van der Waals surface area contributed by atoms with Crippen LogP contribution in [0.5, 0.6) is 5.75 Å². The number of nitrogens with zero attached hydrogens (tertiary/aromatic N) is 1. The van der Waals surface area contributed by atoms with Crippen LogP contribution in [0.4, 0.5) is 0 Å². The third-order valence-electron chi connectivity index (χ3n) is 2.66. The number of benzene rings is 1. The lowest BCUT2D eigenvalue weighted by Gasteiger charge is -2.18. The van der Waals surface area contributed by atoms with Crippen molar-refractivity contribution in [2.24, 2.45) is 4.99 Å². The molecule has 0 unspecified atom stereocenters. The van der Waals surface area contributed by atoms with Gasteiger partial charge in [-0.1, -0.05) is 28.6 Å². The van der Waals surface area contributed by atoms with Crippen molar-refractivity contribution < 1.29 is 9.53 Å². The van der Waals surface area contributed by atoms with E-state index in [0.717, 1.165) is 4.47 Å². The molecule has 1 aromatic rings. The van der Waals surface area contributed by atoms with Gasteiger partial charge >= 0.3 is 0 Å². The second-order valence-corrected chi connectivity index (χ2v) is 4.83. The summed E-state index contributed by atoms with van der Waals surface area (Å²) >= 11 is 3.35. The molecule has 0 saturated heterocycles. The van der Waals surface area contributed by atoms with Crippen molar-refractivity contribution in [2.45, 2.75) is 0 Å². The molecule has 0 amide bonds. The van der Waals surface area contributed by atoms with Crippen LogP contribution >= 0.6 is 15.9 Å². The number of Topliss-reactive ketones (excluding diaryl/α,β-unsaturated/α-hetero) is 1. The van der Waals surface area contributed by atoms with Gasteiger partial charge in [-0.2, -0.15) is 0 Å². The number of rotatable bonds is 3. The molecule has 19 heavy (non-hydrogen) atoms. The zero-order valence-corrected chi connectivity index (χ0v) is 11.8. The largest absolute Gasteiger partial charge is 0.488 e. The van der Waals surface area contributed by atoms with Crippen LogP contribution in [0.2, 0.25) is 0 Å². The summed E-state index contributed by atoms with van der Waals surface area (Å²) in [7, 11) is 0. The van der Waals surface area contributed by atoms with Crippen LogP contribution in [0.1, 0.15) is 10.4 Å². The lowest BCUT2D eigenvalue weighted by Crippen LogP contribution is -2.19. The summed E-state index contributed by atoms with van der Waals surface area (Å²) in [5.74, 6) is 0.546. The molecule has 96 valence electrons. The van der Waals surface area contributed by atoms with E-state index in [-0.39, 0.29) is 12.4 Å². The molecule has 0 aliphatic carbocycles. The van der Waals surface area contributed by atoms with E-state index < -0.39 is 0 Å². The maximum absolute atomic E-state index is 12.3. The number of allylic oxidation sites excluding steroid dienone is 3. The number of fused-ring (bicyclic) bond motifs is 1. The Morgan fingerprint density at radius 3 is 2.95 bits per heavy atom. The summed E-state index contributed by atoms with van der Waals surface area (Å²) in [5.41, 5.74) is 1.69. The van der Waals surface area contributed by atoms with Gasteiger partial charge in [-0.3, -0.25) is 9.79 Å². The summed E-state index contributed by atoms with van der Waals surface area (Å²) in [6, 6.07) is 5.35. The summed E-state index contributed by atoms with van der Waals surface area (Å²) in [4.78, 5) is 16.1. The van der Waals surface area contributed by atoms with Crippen LogP contribution in [0.15, 0.2) is 63.7 Å². The normalized spacial score (nSPS) is 16.8. The van der Waals surface area contributed by atoms with Crippen molar-refractivity contribution in [2.75, 3.05) is 6.61 Å². The first-order valence-electron chi connectivity index (χ1n) is 5.62. The van der Waals surface area contributed by atoms with Gasteiger partial charge < -0.3 is 4.74 Å². The Morgan fingerprint density at radius 1 is 1.47 bits per heavy atom. The van der Waals surface area contributed by atoms with Gasteiger partial charge in [0, 0.05) is 10.0 Å². The summed E-state index contributed by atoms with van der Waals surface area (Å²) in [6.45, 7) is 7.28. The van der Waals surface area contributed by atoms with Gasteiger partial charge in [0.2, 0.25) is 0 Å².